The first-order valence-electron chi connectivity index (χ1n) is 3.20. The molecule has 0 aliphatic rings. The summed E-state index contributed by atoms with van der Waals surface area (Å²) in [6.07, 6.45) is -4.70. The average molecular weight is 303 g/mol. The van der Waals surface area contributed by atoms with Crippen molar-refractivity contribution in [2.75, 3.05) is 5.73 Å². The highest BCUT2D eigenvalue weighted by Gasteiger charge is 2.32. The van der Waals surface area contributed by atoms with Crippen LogP contribution in [0.25, 0.3) is 0 Å². The van der Waals surface area contributed by atoms with Gasteiger partial charge in [-0.2, -0.15) is 0 Å². The molecule has 0 saturated carbocycles. The smallest absolute Gasteiger partial charge is 0.402 e. The molecule has 0 aliphatic heterocycles. The van der Waals surface area contributed by atoms with Crippen LogP contribution in [0, 0.1) is 3.57 Å². The van der Waals surface area contributed by atoms with Gasteiger partial charge in [0.25, 0.3) is 0 Å². The highest BCUT2D eigenvalue weighted by atomic mass is 127. The molecule has 0 atom stereocenters. The van der Waals surface area contributed by atoms with Crippen LogP contribution in [0.15, 0.2) is 18.2 Å². The molecule has 0 bridgehead atoms. The zero-order valence-corrected chi connectivity index (χ0v) is 8.39. The number of nitrogens with two attached hydrogens (primary N) is 1. The molecule has 1 aromatic carbocycles. The molecule has 0 fully saturated rings. The SMILES string of the molecule is Nc1cccc(I)c1OC(F)(F)F. The molecule has 2 N–H and O–H groups in total. The van der Waals surface area contributed by atoms with Gasteiger partial charge in [-0.25, -0.2) is 0 Å². The Bertz CT molecular complexity index is 293. The fourth-order valence-electron chi connectivity index (χ4n) is 0.749. The maximum Gasteiger partial charge on any atom is 0.573 e. The topological polar surface area (TPSA) is 35.2 Å². The summed E-state index contributed by atoms with van der Waals surface area (Å²) < 4.78 is 39.5. The summed E-state index contributed by atoms with van der Waals surface area (Å²) in [7, 11) is 0. The van der Waals surface area contributed by atoms with Crippen LogP contribution in [-0.4, -0.2) is 6.36 Å². The Labute approximate surface area is 86.0 Å². The van der Waals surface area contributed by atoms with Gasteiger partial charge >= 0.3 is 6.36 Å². The van der Waals surface area contributed by atoms with Crippen molar-refractivity contribution in [1.82, 2.24) is 0 Å². The van der Waals surface area contributed by atoms with E-state index < -0.39 is 6.36 Å². The quantitative estimate of drug-likeness (QED) is 0.639. The summed E-state index contributed by atoms with van der Waals surface area (Å²) in [5.41, 5.74) is 5.27. The zero-order chi connectivity index (χ0) is 10.1. The highest BCUT2D eigenvalue weighted by Crippen LogP contribution is 2.32. The fourth-order valence-corrected chi connectivity index (χ4v) is 1.38. The van der Waals surface area contributed by atoms with E-state index in [9.17, 15) is 13.2 Å². The van der Waals surface area contributed by atoms with E-state index in [4.69, 9.17) is 5.73 Å². The van der Waals surface area contributed by atoms with E-state index >= 15 is 0 Å². The van der Waals surface area contributed by atoms with Crippen LogP contribution in [0.5, 0.6) is 5.75 Å². The first-order chi connectivity index (χ1) is 5.90. The number of benzene rings is 1. The lowest BCUT2D eigenvalue weighted by atomic mass is 10.3. The van der Waals surface area contributed by atoms with Gasteiger partial charge in [-0.1, -0.05) is 6.07 Å². The molecule has 0 aliphatic carbocycles. The van der Waals surface area contributed by atoms with Crippen molar-refractivity contribution in [3.63, 3.8) is 0 Å². The molecule has 0 aromatic heterocycles. The van der Waals surface area contributed by atoms with Crippen molar-refractivity contribution in [2.45, 2.75) is 6.36 Å². The van der Waals surface area contributed by atoms with E-state index in [1.54, 1.807) is 28.7 Å². The Morgan fingerprint density at radius 2 is 1.92 bits per heavy atom. The summed E-state index contributed by atoms with van der Waals surface area (Å²) in [4.78, 5) is 0. The maximum absolute atomic E-state index is 11.8. The Kier molecular flexibility index (Phi) is 2.89. The van der Waals surface area contributed by atoms with Crippen molar-refractivity contribution in [3.05, 3.63) is 21.8 Å². The molecule has 1 rings (SSSR count). The lowest BCUT2D eigenvalue weighted by Crippen LogP contribution is -2.18. The van der Waals surface area contributed by atoms with Crippen LogP contribution in [0.2, 0.25) is 0 Å². The Balaban J connectivity index is 3.00. The molecular formula is C7H5F3INO. The predicted molar refractivity (Wildman–Crippen MR) is 50.3 cm³/mol. The second-order valence-corrected chi connectivity index (χ2v) is 3.37. The van der Waals surface area contributed by atoms with Crippen molar-refractivity contribution in [3.8, 4) is 5.75 Å². The second-order valence-electron chi connectivity index (χ2n) is 2.21. The van der Waals surface area contributed by atoms with Crippen molar-refractivity contribution in [1.29, 1.82) is 0 Å². The van der Waals surface area contributed by atoms with Gasteiger partial charge in [-0.05, 0) is 34.7 Å². The van der Waals surface area contributed by atoms with E-state index in [0.717, 1.165) is 0 Å². The standard InChI is InChI=1S/C7H5F3INO/c8-7(9,10)13-6-4(11)2-1-3-5(6)12/h1-3H,12H2. The highest BCUT2D eigenvalue weighted by molar-refractivity contribution is 14.1. The molecule has 72 valence electrons. The van der Waals surface area contributed by atoms with Crippen molar-refractivity contribution in [2.24, 2.45) is 0 Å². The summed E-state index contributed by atoms with van der Waals surface area (Å²) in [5.74, 6) is -0.337. The maximum atomic E-state index is 11.8. The van der Waals surface area contributed by atoms with Crippen molar-refractivity contribution >= 4 is 28.3 Å². The Hall–Kier alpha value is -0.660. The van der Waals surface area contributed by atoms with Crippen LogP contribution < -0.4 is 10.5 Å². The largest absolute Gasteiger partial charge is 0.573 e. The number of hydrogen-bond donors (Lipinski definition) is 1. The summed E-state index contributed by atoms with van der Waals surface area (Å²) >= 11 is 1.72. The predicted octanol–water partition coefficient (Wildman–Crippen LogP) is 2.77. The van der Waals surface area contributed by atoms with Gasteiger partial charge in [0.15, 0.2) is 5.75 Å². The molecule has 0 heterocycles. The zero-order valence-electron chi connectivity index (χ0n) is 6.23. The molecule has 6 heteroatoms. The molecule has 13 heavy (non-hydrogen) atoms. The van der Waals surface area contributed by atoms with Gasteiger partial charge in [0.1, 0.15) is 0 Å². The van der Waals surface area contributed by atoms with Crippen LogP contribution >= 0.6 is 22.6 Å². The van der Waals surface area contributed by atoms with Gasteiger partial charge < -0.3 is 10.5 Å². The summed E-state index contributed by atoms with van der Waals surface area (Å²) in [6.45, 7) is 0. The molecule has 0 spiro atoms. The van der Waals surface area contributed by atoms with Gasteiger partial charge in [0, 0.05) is 0 Å². The number of alkyl halides is 3. The normalized spacial score (nSPS) is 11.4. The molecule has 0 radical (unpaired) electrons. The fraction of sp³-hybridized carbons (Fsp3) is 0.143. The van der Waals surface area contributed by atoms with E-state index in [0.29, 0.717) is 3.57 Å². The minimum Gasteiger partial charge on any atom is -0.402 e. The van der Waals surface area contributed by atoms with E-state index in [-0.39, 0.29) is 11.4 Å². The molecule has 0 saturated heterocycles. The summed E-state index contributed by atoms with van der Waals surface area (Å²) in [5, 5.41) is 0. The van der Waals surface area contributed by atoms with Crippen LogP contribution in [0.1, 0.15) is 0 Å². The number of nitrogen functional groups attached to an aromatic ring is 1. The van der Waals surface area contributed by atoms with Crippen molar-refractivity contribution < 1.29 is 17.9 Å². The average Bonchev–Trinajstić information content (AvgIpc) is 1.95. The second kappa shape index (κ2) is 3.60. The lowest BCUT2D eigenvalue weighted by Gasteiger charge is -2.12. The van der Waals surface area contributed by atoms with Crippen LogP contribution in [-0.2, 0) is 0 Å². The van der Waals surface area contributed by atoms with E-state index in [1.165, 1.54) is 12.1 Å². The molecule has 1 aromatic rings. The minimum atomic E-state index is -4.70. The number of ether oxygens (including phenoxy) is 1. The molecule has 0 amide bonds. The molecule has 2 nitrogen and oxygen atoms in total. The summed E-state index contributed by atoms with van der Waals surface area (Å²) in [6, 6.07) is 4.39. The number of rotatable bonds is 1. The van der Waals surface area contributed by atoms with Crippen LogP contribution in [0.3, 0.4) is 0 Å². The van der Waals surface area contributed by atoms with Gasteiger partial charge in [0.2, 0.25) is 0 Å². The Morgan fingerprint density at radius 1 is 1.31 bits per heavy atom. The third kappa shape index (κ3) is 2.94. The van der Waals surface area contributed by atoms with Gasteiger partial charge in [-0.15, -0.1) is 13.2 Å². The minimum absolute atomic E-state index is 0.0239. The first-order valence-corrected chi connectivity index (χ1v) is 4.28. The molecular weight excluding hydrogens is 298 g/mol. The van der Waals surface area contributed by atoms with Gasteiger partial charge in [-0.3, -0.25) is 0 Å². The number of para-hydroxylation sites is 1. The first kappa shape index (κ1) is 10.4. The molecule has 0 unspecified atom stereocenters. The van der Waals surface area contributed by atoms with Gasteiger partial charge in [0.05, 0.1) is 9.26 Å². The number of halogens is 4. The number of anilines is 1. The number of hydrogen-bond acceptors (Lipinski definition) is 2. The third-order valence-electron chi connectivity index (χ3n) is 1.22. The third-order valence-corrected chi connectivity index (χ3v) is 2.06. The monoisotopic (exact) mass is 303 g/mol. The van der Waals surface area contributed by atoms with E-state index in [1.807, 2.05) is 0 Å². The van der Waals surface area contributed by atoms with E-state index in [2.05, 4.69) is 4.74 Å². The van der Waals surface area contributed by atoms with Crippen LogP contribution in [0.4, 0.5) is 18.9 Å². The lowest BCUT2D eigenvalue weighted by molar-refractivity contribution is -0.274. The Morgan fingerprint density at radius 3 is 2.38 bits per heavy atom.